The first-order chi connectivity index (χ1) is 8.99. The molecule has 0 saturated carbocycles. The molecule has 0 radical (unpaired) electrons. The number of benzene rings is 2. The maximum absolute atomic E-state index is 14.1. The summed E-state index contributed by atoms with van der Waals surface area (Å²) in [5, 5.41) is 0. The molecule has 19 heavy (non-hydrogen) atoms. The van der Waals surface area contributed by atoms with Gasteiger partial charge in [0.15, 0.2) is 0 Å². The van der Waals surface area contributed by atoms with Gasteiger partial charge in [-0.1, -0.05) is 48.9 Å². The predicted molar refractivity (Wildman–Crippen MR) is 77.6 cm³/mol. The Morgan fingerprint density at radius 1 is 1.05 bits per heavy atom. The van der Waals surface area contributed by atoms with Crippen molar-refractivity contribution in [3.05, 3.63) is 70.5 Å². The largest absolute Gasteiger partial charge is 0.318 e. The Bertz CT molecular complexity index is 592. The first-order valence-electron chi connectivity index (χ1n) is 6.60. The average molecular weight is 257 g/mol. The molecule has 0 bridgehead atoms. The van der Waals surface area contributed by atoms with Crippen LogP contribution < -0.4 is 5.73 Å². The van der Waals surface area contributed by atoms with Crippen molar-refractivity contribution < 1.29 is 4.39 Å². The van der Waals surface area contributed by atoms with Gasteiger partial charge in [0.05, 0.1) is 5.54 Å². The molecular weight excluding hydrogens is 237 g/mol. The third kappa shape index (κ3) is 2.41. The molecule has 0 spiro atoms. The van der Waals surface area contributed by atoms with Gasteiger partial charge in [-0.3, -0.25) is 0 Å². The minimum atomic E-state index is -0.775. The molecule has 2 aromatic rings. The van der Waals surface area contributed by atoms with Crippen LogP contribution in [-0.2, 0) is 5.54 Å². The molecular formula is C17H20FN. The molecule has 1 atom stereocenters. The second-order valence-corrected chi connectivity index (χ2v) is 5.12. The highest BCUT2D eigenvalue weighted by Crippen LogP contribution is 2.34. The predicted octanol–water partition coefficient (Wildman–Crippen LogP) is 4.05. The smallest absolute Gasteiger partial charge is 0.128 e. The number of halogens is 1. The van der Waals surface area contributed by atoms with E-state index in [-0.39, 0.29) is 5.82 Å². The van der Waals surface area contributed by atoms with Crippen molar-refractivity contribution in [2.45, 2.75) is 32.7 Å². The Labute approximate surface area is 114 Å². The number of hydrogen-bond acceptors (Lipinski definition) is 1. The van der Waals surface area contributed by atoms with E-state index >= 15 is 0 Å². The highest BCUT2D eigenvalue weighted by atomic mass is 19.1. The molecule has 2 aromatic carbocycles. The van der Waals surface area contributed by atoms with Crippen LogP contribution in [-0.4, -0.2) is 0 Å². The molecule has 2 heteroatoms. The maximum Gasteiger partial charge on any atom is 0.128 e. The van der Waals surface area contributed by atoms with E-state index < -0.39 is 5.54 Å². The van der Waals surface area contributed by atoms with E-state index in [4.69, 9.17) is 5.73 Å². The molecule has 0 fully saturated rings. The summed E-state index contributed by atoms with van der Waals surface area (Å²) in [5.74, 6) is -0.244. The van der Waals surface area contributed by atoms with Crippen LogP contribution in [0.1, 0.15) is 35.6 Å². The van der Waals surface area contributed by atoms with Crippen molar-refractivity contribution in [1.29, 1.82) is 0 Å². The summed E-state index contributed by atoms with van der Waals surface area (Å²) >= 11 is 0. The van der Waals surface area contributed by atoms with Gasteiger partial charge in [-0.05, 0) is 37.5 Å². The third-order valence-corrected chi connectivity index (χ3v) is 3.77. The first kappa shape index (κ1) is 13.8. The van der Waals surface area contributed by atoms with Crippen LogP contribution in [0.4, 0.5) is 4.39 Å². The summed E-state index contributed by atoms with van der Waals surface area (Å²) in [6.45, 7) is 6.07. The van der Waals surface area contributed by atoms with Crippen molar-refractivity contribution in [2.75, 3.05) is 0 Å². The molecule has 100 valence electrons. The minimum Gasteiger partial charge on any atom is -0.318 e. The van der Waals surface area contributed by atoms with Gasteiger partial charge in [-0.15, -0.1) is 0 Å². The Kier molecular flexibility index (Phi) is 3.72. The van der Waals surface area contributed by atoms with Gasteiger partial charge in [0.25, 0.3) is 0 Å². The summed E-state index contributed by atoms with van der Waals surface area (Å²) < 4.78 is 14.1. The van der Waals surface area contributed by atoms with Gasteiger partial charge in [-0.25, -0.2) is 4.39 Å². The Morgan fingerprint density at radius 2 is 1.74 bits per heavy atom. The standard InChI is InChI=1S/C17H20FN/c1-4-17(19,15-7-5-6-8-16(15)18)14-10-9-12(2)11-13(14)3/h5-11H,4,19H2,1-3H3. The number of aryl methyl sites for hydroxylation is 2. The van der Waals surface area contributed by atoms with E-state index in [1.165, 1.54) is 11.6 Å². The molecule has 1 nitrogen and oxygen atoms in total. The number of hydrogen-bond donors (Lipinski definition) is 1. The molecule has 1 unspecified atom stereocenters. The Hall–Kier alpha value is -1.67. The van der Waals surface area contributed by atoms with E-state index in [2.05, 4.69) is 6.07 Å². The lowest BCUT2D eigenvalue weighted by Gasteiger charge is -2.31. The fourth-order valence-electron chi connectivity index (χ4n) is 2.66. The lowest BCUT2D eigenvalue weighted by Crippen LogP contribution is -2.38. The van der Waals surface area contributed by atoms with Crippen molar-refractivity contribution in [3.8, 4) is 0 Å². The van der Waals surface area contributed by atoms with Gasteiger partial charge >= 0.3 is 0 Å². The Balaban J connectivity index is 2.63. The molecule has 2 rings (SSSR count). The topological polar surface area (TPSA) is 26.0 Å². The highest BCUT2D eigenvalue weighted by molar-refractivity contribution is 5.43. The van der Waals surface area contributed by atoms with Crippen LogP contribution in [0.5, 0.6) is 0 Å². The Morgan fingerprint density at radius 3 is 2.32 bits per heavy atom. The van der Waals surface area contributed by atoms with E-state index in [1.807, 2.05) is 39.0 Å². The van der Waals surface area contributed by atoms with Crippen molar-refractivity contribution in [2.24, 2.45) is 5.73 Å². The summed E-state index contributed by atoms with van der Waals surface area (Å²) in [6.07, 6.45) is 0.651. The third-order valence-electron chi connectivity index (χ3n) is 3.77. The molecule has 0 aliphatic heterocycles. The zero-order valence-electron chi connectivity index (χ0n) is 11.7. The maximum atomic E-state index is 14.1. The fourth-order valence-corrected chi connectivity index (χ4v) is 2.66. The van der Waals surface area contributed by atoms with Crippen molar-refractivity contribution >= 4 is 0 Å². The van der Waals surface area contributed by atoms with Crippen molar-refractivity contribution in [1.82, 2.24) is 0 Å². The van der Waals surface area contributed by atoms with Crippen LogP contribution in [0, 0.1) is 19.7 Å². The van der Waals surface area contributed by atoms with E-state index in [0.29, 0.717) is 12.0 Å². The van der Waals surface area contributed by atoms with Crippen LogP contribution in [0.25, 0.3) is 0 Å². The summed E-state index contributed by atoms with van der Waals surface area (Å²) in [6, 6.07) is 12.9. The lowest BCUT2D eigenvalue weighted by molar-refractivity contribution is 0.477. The normalized spacial score (nSPS) is 14.2. The molecule has 0 amide bonds. The average Bonchev–Trinajstić information content (AvgIpc) is 2.38. The van der Waals surface area contributed by atoms with Crippen LogP contribution in [0.2, 0.25) is 0 Å². The van der Waals surface area contributed by atoms with E-state index in [1.54, 1.807) is 12.1 Å². The summed E-state index contributed by atoms with van der Waals surface area (Å²) in [4.78, 5) is 0. The number of nitrogens with two attached hydrogens (primary N) is 1. The lowest BCUT2D eigenvalue weighted by atomic mass is 9.79. The molecule has 0 saturated heterocycles. The molecule has 2 N–H and O–H groups in total. The van der Waals surface area contributed by atoms with Crippen LogP contribution in [0.15, 0.2) is 42.5 Å². The highest BCUT2D eigenvalue weighted by Gasteiger charge is 2.31. The fraction of sp³-hybridized carbons (Fsp3) is 0.294. The second kappa shape index (κ2) is 5.14. The molecule has 0 aliphatic carbocycles. The zero-order chi connectivity index (χ0) is 14.0. The SMILES string of the molecule is CCC(N)(c1ccc(C)cc1C)c1ccccc1F. The van der Waals surface area contributed by atoms with Crippen LogP contribution >= 0.6 is 0 Å². The number of rotatable bonds is 3. The first-order valence-corrected chi connectivity index (χ1v) is 6.60. The van der Waals surface area contributed by atoms with Crippen molar-refractivity contribution in [3.63, 3.8) is 0 Å². The summed E-state index contributed by atoms with van der Waals surface area (Å²) in [5.41, 5.74) is 9.62. The second-order valence-electron chi connectivity index (χ2n) is 5.12. The zero-order valence-corrected chi connectivity index (χ0v) is 11.7. The van der Waals surface area contributed by atoms with Gasteiger partial charge in [0.1, 0.15) is 5.82 Å². The van der Waals surface area contributed by atoms with Gasteiger partial charge in [0.2, 0.25) is 0 Å². The quantitative estimate of drug-likeness (QED) is 0.881. The van der Waals surface area contributed by atoms with Gasteiger partial charge in [0, 0.05) is 5.56 Å². The van der Waals surface area contributed by atoms with Crippen LogP contribution in [0.3, 0.4) is 0 Å². The monoisotopic (exact) mass is 257 g/mol. The summed E-state index contributed by atoms with van der Waals surface area (Å²) in [7, 11) is 0. The van der Waals surface area contributed by atoms with Gasteiger partial charge in [-0.2, -0.15) is 0 Å². The molecule has 0 aliphatic rings. The van der Waals surface area contributed by atoms with E-state index in [0.717, 1.165) is 11.1 Å². The van der Waals surface area contributed by atoms with E-state index in [9.17, 15) is 4.39 Å². The van der Waals surface area contributed by atoms with Gasteiger partial charge < -0.3 is 5.73 Å². The molecule has 0 heterocycles. The minimum absolute atomic E-state index is 0.244. The molecule has 0 aromatic heterocycles.